The van der Waals surface area contributed by atoms with Crippen LogP contribution in [-0.2, 0) is 4.74 Å². The third-order valence-corrected chi connectivity index (χ3v) is 3.75. The Balaban J connectivity index is 1.87. The number of piperidine rings is 1. The number of carbonyl (C=O) groups is 1. The summed E-state index contributed by atoms with van der Waals surface area (Å²) in [5.74, 6) is -0.00451. The molecule has 5 nitrogen and oxygen atoms in total. The van der Waals surface area contributed by atoms with Crippen LogP contribution in [0, 0.1) is 0 Å². The van der Waals surface area contributed by atoms with Crippen LogP contribution in [0.3, 0.4) is 0 Å². The lowest BCUT2D eigenvalue weighted by molar-refractivity contribution is 0.0311. The number of Topliss-reactive ketones (excluding diaryl/α,β-unsaturated/α-hetero) is 1. The van der Waals surface area contributed by atoms with E-state index in [1.54, 1.807) is 4.68 Å². The molecule has 0 aliphatic carbocycles. The van der Waals surface area contributed by atoms with Crippen LogP contribution in [0.4, 0.5) is 0 Å². The Morgan fingerprint density at radius 1 is 1.55 bits per heavy atom. The molecule has 0 spiro atoms. The van der Waals surface area contributed by atoms with Gasteiger partial charge in [-0.1, -0.05) is 11.6 Å². The first kappa shape index (κ1) is 15.5. The van der Waals surface area contributed by atoms with Crippen molar-refractivity contribution in [1.29, 1.82) is 0 Å². The fourth-order valence-electron chi connectivity index (χ4n) is 2.39. The van der Waals surface area contributed by atoms with Crippen molar-refractivity contribution in [2.24, 2.45) is 0 Å². The first-order valence-corrected chi connectivity index (χ1v) is 7.56. The molecular formula is C14H22ClN3O2. The zero-order valence-corrected chi connectivity index (χ0v) is 12.8. The van der Waals surface area contributed by atoms with Gasteiger partial charge in [0.25, 0.3) is 0 Å². The van der Waals surface area contributed by atoms with Gasteiger partial charge >= 0.3 is 0 Å². The maximum atomic E-state index is 12.3. The van der Waals surface area contributed by atoms with Crippen LogP contribution in [0.25, 0.3) is 0 Å². The second-order valence-corrected chi connectivity index (χ2v) is 5.78. The monoisotopic (exact) mass is 299 g/mol. The Morgan fingerprint density at radius 3 is 2.90 bits per heavy atom. The van der Waals surface area contributed by atoms with E-state index in [-0.39, 0.29) is 17.9 Å². The molecule has 112 valence electrons. The fraction of sp³-hybridized carbons (Fsp3) is 0.714. The molecule has 0 bridgehead atoms. The topological polar surface area (TPSA) is 56.2 Å². The number of nitrogens with zero attached hydrogens (tertiary/aromatic N) is 2. The number of nitrogens with one attached hydrogen (secondary N) is 1. The highest BCUT2D eigenvalue weighted by atomic mass is 35.5. The standard InChI is InChI=1S/C14H22ClN3O2/c1-10(2)18-14(12(15)9-17-18)13(19)5-8-20-11-3-6-16-7-4-11/h9-11,16H,3-8H2,1-2H3. The number of rotatable bonds is 6. The predicted octanol–water partition coefficient (Wildman–Crippen LogP) is 2.46. The molecule has 0 saturated carbocycles. The first-order valence-electron chi connectivity index (χ1n) is 7.18. The molecule has 1 saturated heterocycles. The number of ketones is 1. The number of halogens is 1. The lowest BCUT2D eigenvalue weighted by Crippen LogP contribution is -2.32. The number of aromatic nitrogens is 2. The van der Waals surface area contributed by atoms with Gasteiger partial charge in [0.2, 0.25) is 0 Å². The molecule has 1 N–H and O–H groups in total. The summed E-state index contributed by atoms with van der Waals surface area (Å²) < 4.78 is 7.43. The van der Waals surface area contributed by atoms with Crippen molar-refractivity contribution in [1.82, 2.24) is 15.1 Å². The van der Waals surface area contributed by atoms with Crippen molar-refractivity contribution >= 4 is 17.4 Å². The Morgan fingerprint density at radius 2 is 2.25 bits per heavy atom. The van der Waals surface area contributed by atoms with Gasteiger partial charge in [-0.25, -0.2) is 0 Å². The second-order valence-electron chi connectivity index (χ2n) is 5.37. The first-order chi connectivity index (χ1) is 9.59. The largest absolute Gasteiger partial charge is 0.378 e. The summed E-state index contributed by atoms with van der Waals surface area (Å²) in [7, 11) is 0. The normalized spacial score (nSPS) is 16.8. The zero-order chi connectivity index (χ0) is 14.5. The van der Waals surface area contributed by atoms with Gasteiger partial charge in [-0.15, -0.1) is 0 Å². The van der Waals surface area contributed by atoms with Gasteiger partial charge in [0.15, 0.2) is 5.78 Å². The highest BCUT2D eigenvalue weighted by Crippen LogP contribution is 2.20. The molecule has 0 aromatic carbocycles. The molecule has 2 rings (SSSR count). The lowest BCUT2D eigenvalue weighted by Gasteiger charge is -2.22. The Hall–Kier alpha value is -0.910. The van der Waals surface area contributed by atoms with Gasteiger partial charge < -0.3 is 10.1 Å². The summed E-state index contributed by atoms with van der Waals surface area (Å²) in [5.41, 5.74) is 0.496. The van der Waals surface area contributed by atoms with Crippen LogP contribution >= 0.6 is 11.6 Å². The summed E-state index contributed by atoms with van der Waals surface area (Å²) in [6.07, 6.45) is 4.18. The third kappa shape index (κ3) is 3.81. The van der Waals surface area contributed by atoms with Gasteiger partial charge in [-0.2, -0.15) is 5.10 Å². The van der Waals surface area contributed by atoms with Crippen molar-refractivity contribution in [3.05, 3.63) is 16.9 Å². The Bertz CT molecular complexity index is 453. The summed E-state index contributed by atoms with van der Waals surface area (Å²) >= 11 is 6.06. The van der Waals surface area contributed by atoms with E-state index in [4.69, 9.17) is 16.3 Å². The van der Waals surface area contributed by atoms with Crippen molar-refractivity contribution < 1.29 is 9.53 Å². The van der Waals surface area contributed by atoms with Crippen LogP contribution in [-0.4, -0.2) is 41.4 Å². The Kier molecular flexibility index (Phi) is 5.57. The molecule has 6 heteroatoms. The van der Waals surface area contributed by atoms with E-state index in [0.717, 1.165) is 25.9 Å². The molecule has 1 fully saturated rings. The van der Waals surface area contributed by atoms with Crippen molar-refractivity contribution in [3.63, 3.8) is 0 Å². The maximum absolute atomic E-state index is 12.3. The minimum Gasteiger partial charge on any atom is -0.378 e. The highest BCUT2D eigenvalue weighted by Gasteiger charge is 2.20. The van der Waals surface area contributed by atoms with Gasteiger partial charge in [-0.05, 0) is 39.8 Å². The predicted molar refractivity (Wildman–Crippen MR) is 78.4 cm³/mol. The molecule has 20 heavy (non-hydrogen) atoms. The molecule has 0 amide bonds. The quantitative estimate of drug-likeness (QED) is 0.820. The number of carbonyl (C=O) groups excluding carboxylic acids is 1. The van der Waals surface area contributed by atoms with Crippen LogP contribution in [0.5, 0.6) is 0 Å². The smallest absolute Gasteiger partial charge is 0.184 e. The summed E-state index contributed by atoms with van der Waals surface area (Å²) in [4.78, 5) is 12.3. The van der Waals surface area contributed by atoms with Gasteiger partial charge in [0.1, 0.15) is 5.69 Å². The van der Waals surface area contributed by atoms with Gasteiger partial charge in [-0.3, -0.25) is 9.48 Å². The van der Waals surface area contributed by atoms with Crippen LogP contribution < -0.4 is 5.32 Å². The van der Waals surface area contributed by atoms with Crippen LogP contribution in [0.2, 0.25) is 5.02 Å². The molecule has 0 radical (unpaired) electrons. The van der Waals surface area contributed by atoms with Crippen LogP contribution in [0.1, 0.15) is 49.6 Å². The average Bonchev–Trinajstić information content (AvgIpc) is 2.82. The van der Waals surface area contributed by atoms with E-state index in [2.05, 4.69) is 10.4 Å². The molecule has 2 heterocycles. The molecule has 1 aliphatic rings. The number of hydrogen-bond acceptors (Lipinski definition) is 4. The van der Waals surface area contributed by atoms with Gasteiger partial charge in [0.05, 0.1) is 23.9 Å². The summed E-state index contributed by atoms with van der Waals surface area (Å²) in [6.45, 7) is 6.38. The van der Waals surface area contributed by atoms with E-state index in [0.29, 0.717) is 23.7 Å². The molecule has 0 atom stereocenters. The fourth-order valence-corrected chi connectivity index (χ4v) is 2.63. The number of ether oxygens (including phenoxy) is 1. The third-order valence-electron chi connectivity index (χ3n) is 3.47. The molecule has 1 aromatic rings. The lowest BCUT2D eigenvalue weighted by atomic mass is 10.1. The SMILES string of the molecule is CC(C)n1ncc(Cl)c1C(=O)CCOC1CCNCC1. The molecule has 1 aromatic heterocycles. The van der Waals surface area contributed by atoms with Crippen molar-refractivity contribution in [3.8, 4) is 0 Å². The molecule has 0 unspecified atom stereocenters. The van der Waals surface area contributed by atoms with E-state index in [1.165, 1.54) is 6.20 Å². The van der Waals surface area contributed by atoms with E-state index in [1.807, 2.05) is 13.8 Å². The highest BCUT2D eigenvalue weighted by molar-refractivity contribution is 6.33. The average molecular weight is 300 g/mol. The molecular weight excluding hydrogens is 278 g/mol. The van der Waals surface area contributed by atoms with Crippen LogP contribution in [0.15, 0.2) is 6.20 Å². The zero-order valence-electron chi connectivity index (χ0n) is 12.1. The van der Waals surface area contributed by atoms with E-state index in [9.17, 15) is 4.79 Å². The van der Waals surface area contributed by atoms with E-state index < -0.39 is 0 Å². The number of hydrogen-bond donors (Lipinski definition) is 1. The van der Waals surface area contributed by atoms with Gasteiger partial charge in [0, 0.05) is 12.5 Å². The molecule has 1 aliphatic heterocycles. The Labute approximate surface area is 124 Å². The summed E-state index contributed by atoms with van der Waals surface area (Å²) in [5, 5.41) is 7.86. The second kappa shape index (κ2) is 7.20. The minimum atomic E-state index is -0.00451. The van der Waals surface area contributed by atoms with E-state index >= 15 is 0 Å². The minimum absolute atomic E-state index is 0.00451. The summed E-state index contributed by atoms with van der Waals surface area (Å²) in [6, 6.07) is 0.117. The van der Waals surface area contributed by atoms with Crippen molar-refractivity contribution in [2.45, 2.75) is 45.3 Å². The van der Waals surface area contributed by atoms with Crippen molar-refractivity contribution in [2.75, 3.05) is 19.7 Å². The maximum Gasteiger partial charge on any atom is 0.184 e.